The molecule has 0 saturated carbocycles. The van der Waals surface area contributed by atoms with Gasteiger partial charge in [0.05, 0.1) is 19.2 Å². The van der Waals surface area contributed by atoms with Crippen molar-refractivity contribution in [3.8, 4) is 5.75 Å². The molecular weight excluding hydrogens is 258 g/mol. The molecule has 0 spiro atoms. The number of rotatable bonds is 5. The predicted octanol–water partition coefficient (Wildman–Crippen LogP) is 3.12. The van der Waals surface area contributed by atoms with E-state index in [-0.39, 0.29) is 5.78 Å². The van der Waals surface area contributed by atoms with E-state index in [2.05, 4.69) is 4.98 Å². The van der Waals surface area contributed by atoms with E-state index in [0.29, 0.717) is 12.8 Å². The fraction of sp³-hybridized carbons (Fsp3) is 0.333. The second kappa shape index (κ2) is 5.97. The van der Waals surface area contributed by atoms with Gasteiger partial charge in [-0.3, -0.25) is 4.79 Å². The molecule has 0 N–H and O–H groups in total. The van der Waals surface area contributed by atoms with Crippen LogP contribution in [0.1, 0.15) is 21.1 Å². The molecule has 0 aliphatic heterocycles. The first-order valence-corrected chi connectivity index (χ1v) is 6.97. The zero-order chi connectivity index (χ0) is 13.8. The number of ketones is 1. The van der Waals surface area contributed by atoms with Crippen LogP contribution in [-0.4, -0.2) is 17.9 Å². The summed E-state index contributed by atoms with van der Waals surface area (Å²) in [5.41, 5.74) is 2.00. The molecule has 1 aromatic carbocycles. The van der Waals surface area contributed by atoms with Gasteiger partial charge in [0.2, 0.25) is 0 Å². The Morgan fingerprint density at radius 2 is 2.11 bits per heavy atom. The van der Waals surface area contributed by atoms with Gasteiger partial charge in [0.1, 0.15) is 16.5 Å². The monoisotopic (exact) mass is 275 g/mol. The minimum absolute atomic E-state index is 0.182. The number of ether oxygens (including phenoxy) is 1. The Morgan fingerprint density at radius 3 is 2.74 bits per heavy atom. The second-order valence-electron chi connectivity index (χ2n) is 4.49. The van der Waals surface area contributed by atoms with Gasteiger partial charge < -0.3 is 4.74 Å². The maximum Gasteiger partial charge on any atom is 0.144 e. The topological polar surface area (TPSA) is 39.2 Å². The van der Waals surface area contributed by atoms with E-state index < -0.39 is 0 Å². The van der Waals surface area contributed by atoms with Gasteiger partial charge in [0.15, 0.2) is 0 Å². The zero-order valence-corrected chi connectivity index (χ0v) is 12.2. The van der Waals surface area contributed by atoms with Crippen LogP contribution < -0.4 is 4.74 Å². The molecule has 0 aliphatic carbocycles. The summed E-state index contributed by atoms with van der Waals surface area (Å²) in [6.07, 6.45) is 0.839. The highest BCUT2D eigenvalue weighted by atomic mass is 32.1. The van der Waals surface area contributed by atoms with Crippen LogP contribution in [0.5, 0.6) is 5.75 Å². The molecule has 0 bridgehead atoms. The Bertz CT molecular complexity index is 570. The summed E-state index contributed by atoms with van der Waals surface area (Å²) in [6.45, 7) is 4.00. The maximum atomic E-state index is 12.0. The minimum Gasteiger partial charge on any atom is -0.497 e. The van der Waals surface area contributed by atoms with Crippen LogP contribution in [0.25, 0.3) is 0 Å². The molecule has 3 nitrogen and oxygen atoms in total. The van der Waals surface area contributed by atoms with E-state index in [1.165, 1.54) is 4.88 Å². The molecule has 0 fully saturated rings. The summed E-state index contributed by atoms with van der Waals surface area (Å²) < 4.78 is 5.15. The summed E-state index contributed by atoms with van der Waals surface area (Å²) in [5, 5.41) is 0.905. The van der Waals surface area contributed by atoms with Crippen LogP contribution in [0.4, 0.5) is 0 Å². The summed E-state index contributed by atoms with van der Waals surface area (Å²) in [5.74, 6) is 0.966. The molecule has 0 atom stereocenters. The van der Waals surface area contributed by atoms with Gasteiger partial charge in [-0.15, -0.1) is 11.3 Å². The third kappa shape index (κ3) is 3.64. The lowest BCUT2D eigenvalue weighted by Gasteiger charge is -2.03. The molecule has 2 aromatic rings. The van der Waals surface area contributed by atoms with E-state index in [0.717, 1.165) is 22.0 Å². The van der Waals surface area contributed by atoms with Crippen LogP contribution in [0, 0.1) is 13.8 Å². The van der Waals surface area contributed by atoms with Crippen molar-refractivity contribution < 1.29 is 9.53 Å². The average Bonchev–Trinajstić information content (AvgIpc) is 2.68. The summed E-state index contributed by atoms with van der Waals surface area (Å²) >= 11 is 1.60. The number of Topliss-reactive ketones (excluding diaryl/α,β-unsaturated/α-hetero) is 1. The zero-order valence-electron chi connectivity index (χ0n) is 11.4. The van der Waals surface area contributed by atoms with Crippen LogP contribution in [0.15, 0.2) is 24.3 Å². The smallest absolute Gasteiger partial charge is 0.144 e. The Morgan fingerprint density at radius 1 is 1.32 bits per heavy atom. The van der Waals surface area contributed by atoms with Crippen molar-refractivity contribution in [1.82, 2.24) is 4.98 Å². The summed E-state index contributed by atoms with van der Waals surface area (Å²) in [4.78, 5) is 17.6. The quantitative estimate of drug-likeness (QED) is 0.841. The van der Waals surface area contributed by atoms with Crippen LogP contribution in [0.3, 0.4) is 0 Å². The third-order valence-electron chi connectivity index (χ3n) is 2.96. The minimum atomic E-state index is 0.182. The average molecular weight is 275 g/mol. The van der Waals surface area contributed by atoms with E-state index in [1.807, 2.05) is 38.1 Å². The van der Waals surface area contributed by atoms with Crippen LogP contribution in [0.2, 0.25) is 0 Å². The lowest BCUT2D eigenvalue weighted by molar-refractivity contribution is -0.117. The highest BCUT2D eigenvalue weighted by Gasteiger charge is 2.10. The second-order valence-corrected chi connectivity index (χ2v) is 5.78. The molecule has 1 aromatic heterocycles. The lowest BCUT2D eigenvalue weighted by atomic mass is 10.1. The first kappa shape index (κ1) is 13.7. The molecule has 0 radical (unpaired) electrons. The molecule has 4 heteroatoms. The van der Waals surface area contributed by atoms with Gasteiger partial charge in [0, 0.05) is 11.3 Å². The maximum absolute atomic E-state index is 12.0. The first-order valence-electron chi connectivity index (χ1n) is 6.16. The van der Waals surface area contributed by atoms with E-state index in [4.69, 9.17) is 4.74 Å². The van der Waals surface area contributed by atoms with E-state index >= 15 is 0 Å². The highest BCUT2D eigenvalue weighted by molar-refractivity contribution is 7.11. The van der Waals surface area contributed by atoms with Gasteiger partial charge in [0.25, 0.3) is 0 Å². The molecule has 1 heterocycles. The summed E-state index contributed by atoms with van der Waals surface area (Å²) in [6, 6.07) is 7.62. The van der Waals surface area contributed by atoms with Crippen molar-refractivity contribution in [2.24, 2.45) is 0 Å². The Hall–Kier alpha value is -1.68. The molecular formula is C15H17NO2S. The van der Waals surface area contributed by atoms with Crippen LogP contribution >= 0.6 is 11.3 Å². The molecule has 19 heavy (non-hydrogen) atoms. The number of aryl methyl sites for hydroxylation is 2. The Labute approximate surface area is 117 Å². The lowest BCUT2D eigenvalue weighted by Crippen LogP contribution is -2.06. The number of hydrogen-bond acceptors (Lipinski definition) is 4. The van der Waals surface area contributed by atoms with Crippen molar-refractivity contribution in [3.05, 3.63) is 45.4 Å². The van der Waals surface area contributed by atoms with Crippen LogP contribution in [-0.2, 0) is 17.6 Å². The van der Waals surface area contributed by atoms with Crippen molar-refractivity contribution >= 4 is 17.1 Å². The van der Waals surface area contributed by atoms with E-state index in [9.17, 15) is 4.79 Å². The number of aromatic nitrogens is 1. The Balaban J connectivity index is 2.00. The number of hydrogen-bond donors (Lipinski definition) is 0. The SMILES string of the molecule is COc1cccc(CC(=O)Cc2nc(C)c(C)s2)c1. The molecule has 0 saturated heterocycles. The normalized spacial score (nSPS) is 10.5. The molecule has 0 unspecified atom stereocenters. The number of methoxy groups -OCH3 is 1. The predicted molar refractivity (Wildman–Crippen MR) is 77.0 cm³/mol. The molecule has 0 aliphatic rings. The van der Waals surface area contributed by atoms with Gasteiger partial charge in [-0.2, -0.15) is 0 Å². The van der Waals surface area contributed by atoms with Crippen molar-refractivity contribution in [2.75, 3.05) is 7.11 Å². The van der Waals surface area contributed by atoms with Gasteiger partial charge in [-0.1, -0.05) is 12.1 Å². The molecule has 0 amide bonds. The van der Waals surface area contributed by atoms with Gasteiger partial charge >= 0.3 is 0 Å². The first-order chi connectivity index (χ1) is 9.08. The fourth-order valence-electron chi connectivity index (χ4n) is 1.86. The molecule has 2 rings (SSSR count). The number of benzene rings is 1. The Kier molecular flexibility index (Phi) is 4.32. The number of carbonyl (C=O) groups excluding carboxylic acids is 1. The van der Waals surface area contributed by atoms with Crippen molar-refractivity contribution in [1.29, 1.82) is 0 Å². The van der Waals surface area contributed by atoms with Gasteiger partial charge in [-0.25, -0.2) is 4.98 Å². The molecule has 100 valence electrons. The largest absolute Gasteiger partial charge is 0.497 e. The van der Waals surface area contributed by atoms with Gasteiger partial charge in [-0.05, 0) is 31.5 Å². The van der Waals surface area contributed by atoms with Crippen molar-refractivity contribution in [3.63, 3.8) is 0 Å². The number of nitrogens with zero attached hydrogens (tertiary/aromatic N) is 1. The third-order valence-corrected chi connectivity index (χ3v) is 4.03. The standard InChI is InChI=1S/C15H17NO2S/c1-10-11(2)19-15(16-10)9-13(17)7-12-5-4-6-14(8-12)18-3/h4-6,8H,7,9H2,1-3H3. The van der Waals surface area contributed by atoms with E-state index in [1.54, 1.807) is 18.4 Å². The van der Waals surface area contributed by atoms with Crippen molar-refractivity contribution in [2.45, 2.75) is 26.7 Å². The number of thiazole rings is 1. The summed E-state index contributed by atoms with van der Waals surface area (Å²) in [7, 11) is 1.63. The highest BCUT2D eigenvalue weighted by Crippen LogP contribution is 2.18. The fourth-order valence-corrected chi connectivity index (χ4v) is 2.82. The number of carbonyl (C=O) groups is 1.